The van der Waals surface area contributed by atoms with Crippen LogP contribution in [0.1, 0.15) is 11.1 Å². The normalized spacial score (nSPS) is 14.0. The molecule has 0 amide bonds. The van der Waals surface area contributed by atoms with E-state index in [1.807, 2.05) is 24.3 Å². The zero-order valence-electron chi connectivity index (χ0n) is 6.77. The van der Waals surface area contributed by atoms with E-state index < -0.39 is 10.3 Å². The van der Waals surface area contributed by atoms with Gasteiger partial charge in [0.2, 0.25) is 10.3 Å². The van der Waals surface area contributed by atoms with Gasteiger partial charge in [-0.25, -0.2) is 0 Å². The van der Waals surface area contributed by atoms with Gasteiger partial charge in [-0.05, 0) is 17.2 Å². The zero-order valence-corrected chi connectivity index (χ0v) is 7.58. The topological polar surface area (TPSA) is 34.1 Å². The Morgan fingerprint density at radius 1 is 0.923 bits per heavy atom. The predicted octanol–water partition coefficient (Wildman–Crippen LogP) is 1.32. The third kappa shape index (κ3) is 1.55. The van der Waals surface area contributed by atoms with Gasteiger partial charge in [0, 0.05) is 6.42 Å². The lowest BCUT2D eigenvalue weighted by molar-refractivity contribution is 0.627. The summed E-state index contributed by atoms with van der Waals surface area (Å²) in [5.41, 5.74) is 2.00. The Balaban J connectivity index is 2.58. The van der Waals surface area contributed by atoms with E-state index in [2.05, 4.69) is 0 Å². The van der Waals surface area contributed by atoms with E-state index in [-0.39, 0.29) is 0 Å². The van der Waals surface area contributed by atoms with Crippen molar-refractivity contribution in [1.82, 2.24) is 0 Å². The molecule has 0 heterocycles. The summed E-state index contributed by atoms with van der Waals surface area (Å²) in [5, 5.41) is 0. The van der Waals surface area contributed by atoms with Gasteiger partial charge < -0.3 is 0 Å². The summed E-state index contributed by atoms with van der Waals surface area (Å²) >= 11 is 0. The molecule has 0 unspecified atom stereocenters. The van der Waals surface area contributed by atoms with E-state index in [9.17, 15) is 8.42 Å². The summed E-state index contributed by atoms with van der Waals surface area (Å²) in [5.74, 6) is 0. The Morgan fingerprint density at radius 3 is 2.31 bits per heavy atom. The van der Waals surface area contributed by atoms with Gasteiger partial charge in [0.25, 0.3) is 0 Å². The number of hydrogen-bond donors (Lipinski definition) is 0. The van der Waals surface area contributed by atoms with Crippen molar-refractivity contribution in [2.24, 2.45) is 0 Å². The average molecular weight is 191 g/mol. The number of benzene rings is 1. The fourth-order valence-corrected chi connectivity index (χ4v) is 1.67. The van der Waals surface area contributed by atoms with Crippen LogP contribution in [0.15, 0.2) is 30.3 Å². The molecule has 0 spiro atoms. The van der Waals surface area contributed by atoms with Gasteiger partial charge in [-0.15, -0.1) is 0 Å². The van der Waals surface area contributed by atoms with Crippen LogP contribution in [0.2, 0.25) is 0 Å². The number of hydrogen-bond acceptors (Lipinski definition) is 2. The van der Waals surface area contributed by atoms with Crippen LogP contribution < -0.4 is 0 Å². The van der Waals surface area contributed by atoms with Crippen molar-refractivity contribution in [2.45, 2.75) is 0 Å². The van der Waals surface area contributed by atoms with E-state index in [1.165, 1.54) is 0 Å². The lowest BCUT2D eigenvalue weighted by Crippen LogP contribution is -2.03. The predicted molar refractivity (Wildman–Crippen MR) is 52.8 cm³/mol. The first-order chi connectivity index (χ1) is 6.27. The minimum atomic E-state index is -2.13. The highest BCUT2D eigenvalue weighted by atomic mass is 32.2. The quantitative estimate of drug-likeness (QED) is 0.579. The molecule has 1 aromatic carbocycles. The van der Waals surface area contributed by atoms with Crippen molar-refractivity contribution in [1.29, 1.82) is 0 Å². The highest BCUT2D eigenvalue weighted by molar-refractivity contribution is 7.73. The van der Waals surface area contributed by atoms with Gasteiger partial charge in [0.1, 0.15) is 0 Å². The van der Waals surface area contributed by atoms with Gasteiger partial charge >= 0.3 is 0 Å². The molecule has 2 nitrogen and oxygen atoms in total. The van der Waals surface area contributed by atoms with E-state index in [1.54, 1.807) is 18.6 Å². The highest BCUT2D eigenvalue weighted by Gasteiger charge is 2.08. The Kier molecular flexibility index (Phi) is 2.02. The Morgan fingerprint density at radius 2 is 1.62 bits per heavy atom. The summed E-state index contributed by atoms with van der Waals surface area (Å²) in [7, 11) is -2.13. The maximum atomic E-state index is 10.6. The molecular weight excluding hydrogens is 184 g/mol. The molecule has 0 aromatic heterocycles. The van der Waals surface area contributed by atoms with Crippen LogP contribution in [0.25, 0.3) is 6.08 Å². The van der Waals surface area contributed by atoms with Crippen LogP contribution >= 0.6 is 0 Å². The molecule has 1 aromatic rings. The van der Waals surface area contributed by atoms with Crippen molar-refractivity contribution in [3.63, 3.8) is 0 Å². The molecule has 13 heavy (non-hydrogen) atoms. The summed E-state index contributed by atoms with van der Waals surface area (Å²) in [6, 6.07) is 7.66. The van der Waals surface area contributed by atoms with Crippen molar-refractivity contribution < 1.29 is 8.42 Å². The fourth-order valence-electron chi connectivity index (χ4n) is 1.27. The minimum Gasteiger partial charge on any atom is -0.184 e. The van der Waals surface area contributed by atoms with Gasteiger partial charge in [-0.2, -0.15) is 8.42 Å². The van der Waals surface area contributed by atoms with Crippen LogP contribution in [0.4, 0.5) is 0 Å². The van der Waals surface area contributed by atoms with Crippen LogP contribution in [0.5, 0.6) is 0 Å². The average Bonchev–Trinajstić information content (AvgIpc) is 2.17. The largest absolute Gasteiger partial charge is 0.217 e. The molecule has 65 valence electrons. The maximum absolute atomic E-state index is 10.6. The maximum Gasteiger partial charge on any atom is 0.217 e. The second-order valence-corrected chi connectivity index (χ2v) is 3.68. The molecule has 0 aliphatic heterocycles. The second-order valence-electron chi connectivity index (χ2n) is 2.74. The monoisotopic (exact) mass is 191 g/mol. The standard InChI is InChI=1S/C10H7O2S/c11-13(12)10-6-5-8-3-1-2-4-9(8)7-10/h1-7H. The van der Waals surface area contributed by atoms with Crippen LogP contribution in [0.3, 0.4) is 0 Å². The molecule has 1 radical (unpaired) electrons. The van der Waals surface area contributed by atoms with Crippen molar-refractivity contribution in [2.75, 3.05) is 0 Å². The third-order valence-electron chi connectivity index (χ3n) is 1.91. The Bertz CT molecular complexity index is 487. The number of rotatable bonds is 0. The first-order valence-corrected chi connectivity index (χ1v) is 4.93. The molecule has 0 saturated carbocycles. The fraction of sp³-hybridized carbons (Fsp3) is 0. The van der Waals surface area contributed by atoms with Crippen molar-refractivity contribution in [3.05, 3.63) is 47.9 Å². The molecule has 0 N–H and O–H groups in total. The van der Waals surface area contributed by atoms with E-state index in [0.29, 0.717) is 4.86 Å². The Labute approximate surface area is 78.1 Å². The van der Waals surface area contributed by atoms with E-state index in [4.69, 9.17) is 0 Å². The van der Waals surface area contributed by atoms with E-state index in [0.717, 1.165) is 11.1 Å². The SMILES string of the molecule is O=S(=O)=C1[CH]c2ccccc2C=C1. The highest BCUT2D eigenvalue weighted by Crippen LogP contribution is 2.17. The lowest BCUT2D eigenvalue weighted by Gasteiger charge is -2.08. The second kappa shape index (κ2) is 3.18. The first kappa shape index (κ1) is 8.26. The van der Waals surface area contributed by atoms with Gasteiger partial charge in [0.05, 0.1) is 4.86 Å². The molecule has 0 bridgehead atoms. The summed E-state index contributed by atoms with van der Waals surface area (Å²) in [6.45, 7) is 0. The van der Waals surface area contributed by atoms with E-state index >= 15 is 0 Å². The molecule has 1 aliphatic carbocycles. The van der Waals surface area contributed by atoms with Gasteiger partial charge in [-0.1, -0.05) is 30.3 Å². The third-order valence-corrected chi connectivity index (χ3v) is 2.55. The minimum absolute atomic E-state index is 0.332. The molecule has 1 aliphatic rings. The number of allylic oxidation sites excluding steroid dienone is 1. The summed E-state index contributed by atoms with van der Waals surface area (Å²) in [4.78, 5) is 0.332. The summed E-state index contributed by atoms with van der Waals surface area (Å²) < 4.78 is 21.3. The molecule has 3 heteroatoms. The first-order valence-electron chi connectivity index (χ1n) is 3.85. The van der Waals surface area contributed by atoms with Gasteiger partial charge in [0.15, 0.2) is 0 Å². The smallest absolute Gasteiger partial charge is 0.184 e. The van der Waals surface area contributed by atoms with Crippen molar-refractivity contribution >= 4 is 21.2 Å². The lowest BCUT2D eigenvalue weighted by atomic mass is 9.98. The molecular formula is C10H7O2S. The zero-order chi connectivity index (χ0) is 9.26. The molecule has 2 rings (SSSR count). The van der Waals surface area contributed by atoms with Crippen LogP contribution in [0, 0.1) is 6.42 Å². The van der Waals surface area contributed by atoms with Crippen molar-refractivity contribution in [3.8, 4) is 0 Å². The molecule has 0 atom stereocenters. The van der Waals surface area contributed by atoms with Crippen LogP contribution in [-0.2, 0) is 10.3 Å². The molecule has 0 fully saturated rings. The molecule has 0 saturated heterocycles. The van der Waals surface area contributed by atoms with Crippen LogP contribution in [-0.4, -0.2) is 13.3 Å². The Hall–Kier alpha value is -1.35. The van der Waals surface area contributed by atoms with Gasteiger partial charge in [-0.3, -0.25) is 0 Å². The number of fused-ring (bicyclic) bond motifs is 1. The summed E-state index contributed by atoms with van der Waals surface area (Å²) in [6.07, 6.45) is 5.07.